The van der Waals surface area contributed by atoms with Crippen molar-refractivity contribution >= 4 is 23.2 Å². The van der Waals surface area contributed by atoms with E-state index in [-0.39, 0.29) is 5.52 Å². The summed E-state index contributed by atoms with van der Waals surface area (Å²) in [6.07, 6.45) is -1.47. The monoisotopic (exact) mass is 250 g/mol. The van der Waals surface area contributed by atoms with Gasteiger partial charge in [0.2, 0.25) is 0 Å². The largest absolute Gasteiger partial charge is 0.416 e. The SMILES string of the molecule is C=Cc1nc2ccc(C(F)(F)F)cc2nc1C=C. The highest BCUT2D eigenvalue weighted by atomic mass is 19.4. The van der Waals surface area contributed by atoms with Crippen molar-refractivity contribution in [3.8, 4) is 0 Å². The van der Waals surface area contributed by atoms with Gasteiger partial charge in [0.15, 0.2) is 0 Å². The van der Waals surface area contributed by atoms with E-state index in [1.807, 2.05) is 0 Å². The molecule has 0 bridgehead atoms. The molecule has 0 unspecified atom stereocenters. The smallest absolute Gasteiger partial charge is 0.245 e. The average Bonchev–Trinajstić information content (AvgIpc) is 2.35. The van der Waals surface area contributed by atoms with E-state index >= 15 is 0 Å². The summed E-state index contributed by atoms with van der Waals surface area (Å²) in [7, 11) is 0. The molecule has 2 rings (SSSR count). The van der Waals surface area contributed by atoms with E-state index < -0.39 is 11.7 Å². The van der Waals surface area contributed by atoms with Crippen LogP contribution in [0.25, 0.3) is 23.2 Å². The van der Waals surface area contributed by atoms with Crippen LogP contribution in [0.1, 0.15) is 17.0 Å². The van der Waals surface area contributed by atoms with Crippen LogP contribution in [0.3, 0.4) is 0 Å². The van der Waals surface area contributed by atoms with Crippen LogP contribution in [0.2, 0.25) is 0 Å². The van der Waals surface area contributed by atoms with Crippen LogP contribution < -0.4 is 0 Å². The molecule has 0 fully saturated rings. The molecular formula is C13H9F3N2. The van der Waals surface area contributed by atoms with Crippen molar-refractivity contribution in [3.05, 3.63) is 48.3 Å². The number of alkyl halides is 3. The van der Waals surface area contributed by atoms with E-state index in [0.29, 0.717) is 16.9 Å². The molecule has 0 spiro atoms. The summed E-state index contributed by atoms with van der Waals surface area (Å²) in [5.74, 6) is 0. The number of hydrogen-bond acceptors (Lipinski definition) is 2. The maximum atomic E-state index is 12.6. The number of rotatable bonds is 2. The second-order valence-electron chi connectivity index (χ2n) is 3.60. The zero-order valence-corrected chi connectivity index (χ0v) is 9.33. The van der Waals surface area contributed by atoms with E-state index in [1.165, 1.54) is 18.2 Å². The van der Waals surface area contributed by atoms with Crippen LogP contribution in [0.15, 0.2) is 31.4 Å². The Morgan fingerprint density at radius 3 is 2.00 bits per heavy atom. The van der Waals surface area contributed by atoms with Crippen LogP contribution in [-0.4, -0.2) is 9.97 Å². The average molecular weight is 250 g/mol. The molecule has 0 aliphatic rings. The first kappa shape index (κ1) is 12.3. The second-order valence-corrected chi connectivity index (χ2v) is 3.60. The van der Waals surface area contributed by atoms with Crippen molar-refractivity contribution < 1.29 is 13.2 Å². The first-order chi connectivity index (χ1) is 8.45. The van der Waals surface area contributed by atoms with Gasteiger partial charge in [0.1, 0.15) is 0 Å². The van der Waals surface area contributed by atoms with Crippen molar-refractivity contribution in [3.63, 3.8) is 0 Å². The molecule has 2 nitrogen and oxygen atoms in total. The van der Waals surface area contributed by atoms with Gasteiger partial charge >= 0.3 is 6.18 Å². The maximum absolute atomic E-state index is 12.6. The fourth-order valence-electron chi connectivity index (χ4n) is 1.56. The predicted octanol–water partition coefficient (Wildman–Crippen LogP) is 3.93. The van der Waals surface area contributed by atoms with Crippen molar-refractivity contribution in [2.45, 2.75) is 6.18 Å². The van der Waals surface area contributed by atoms with Crippen LogP contribution in [0, 0.1) is 0 Å². The predicted molar refractivity (Wildman–Crippen MR) is 64.7 cm³/mol. The molecule has 0 aliphatic heterocycles. The molecule has 92 valence electrons. The highest BCUT2D eigenvalue weighted by molar-refractivity contribution is 5.78. The van der Waals surface area contributed by atoms with Crippen molar-refractivity contribution in [1.82, 2.24) is 9.97 Å². The van der Waals surface area contributed by atoms with Crippen LogP contribution >= 0.6 is 0 Å². The first-order valence-electron chi connectivity index (χ1n) is 5.09. The van der Waals surface area contributed by atoms with Gasteiger partial charge in [-0.1, -0.05) is 13.2 Å². The summed E-state index contributed by atoms with van der Waals surface area (Å²) in [5, 5.41) is 0. The summed E-state index contributed by atoms with van der Waals surface area (Å²) in [4.78, 5) is 8.26. The standard InChI is InChI=1S/C13H9F3N2/c1-3-9-10(4-2)18-12-7-8(13(14,15)16)5-6-11(12)17-9/h3-7H,1-2H2. The van der Waals surface area contributed by atoms with Gasteiger partial charge in [-0.25, -0.2) is 9.97 Å². The molecule has 0 radical (unpaired) electrons. The quantitative estimate of drug-likeness (QED) is 0.806. The minimum atomic E-state index is -4.39. The second kappa shape index (κ2) is 4.25. The number of hydrogen-bond donors (Lipinski definition) is 0. The Bertz CT molecular complexity index is 630. The van der Waals surface area contributed by atoms with Crippen LogP contribution in [-0.2, 0) is 6.18 Å². The molecule has 0 N–H and O–H groups in total. The number of aromatic nitrogens is 2. The normalized spacial score (nSPS) is 11.5. The van der Waals surface area contributed by atoms with Gasteiger partial charge in [-0.3, -0.25) is 0 Å². The van der Waals surface area contributed by atoms with Gasteiger partial charge in [-0.2, -0.15) is 13.2 Å². The van der Waals surface area contributed by atoms with Gasteiger partial charge in [-0.15, -0.1) is 0 Å². The fraction of sp³-hybridized carbons (Fsp3) is 0.0769. The van der Waals surface area contributed by atoms with Crippen molar-refractivity contribution in [2.75, 3.05) is 0 Å². The number of benzene rings is 1. The topological polar surface area (TPSA) is 25.8 Å². The summed E-state index contributed by atoms with van der Waals surface area (Å²) in [6.45, 7) is 7.12. The molecule has 0 atom stereocenters. The first-order valence-corrected chi connectivity index (χ1v) is 5.09. The number of nitrogens with zero attached hydrogens (tertiary/aromatic N) is 2. The maximum Gasteiger partial charge on any atom is 0.416 e. The molecule has 1 aromatic heterocycles. The van der Waals surface area contributed by atoms with E-state index in [1.54, 1.807) is 0 Å². The molecule has 2 aromatic rings. The third kappa shape index (κ3) is 2.11. The third-order valence-corrected chi connectivity index (χ3v) is 2.43. The lowest BCUT2D eigenvalue weighted by Crippen LogP contribution is -2.05. The van der Waals surface area contributed by atoms with Crippen molar-refractivity contribution in [1.29, 1.82) is 0 Å². The summed E-state index contributed by atoms with van der Waals surface area (Å²) >= 11 is 0. The molecule has 5 heteroatoms. The Morgan fingerprint density at radius 1 is 0.944 bits per heavy atom. The summed E-state index contributed by atoms with van der Waals surface area (Å²) < 4.78 is 37.7. The minimum absolute atomic E-state index is 0.185. The molecule has 18 heavy (non-hydrogen) atoms. The van der Waals surface area contributed by atoms with Gasteiger partial charge in [0, 0.05) is 0 Å². The molecular weight excluding hydrogens is 241 g/mol. The molecule has 0 saturated carbocycles. The molecule has 0 amide bonds. The lowest BCUT2D eigenvalue weighted by molar-refractivity contribution is -0.137. The van der Waals surface area contributed by atoms with Crippen molar-refractivity contribution in [2.24, 2.45) is 0 Å². The van der Waals surface area contributed by atoms with E-state index in [9.17, 15) is 13.2 Å². The van der Waals surface area contributed by atoms with Gasteiger partial charge in [0.25, 0.3) is 0 Å². The highest BCUT2D eigenvalue weighted by Gasteiger charge is 2.30. The Morgan fingerprint density at radius 2 is 1.50 bits per heavy atom. The number of fused-ring (bicyclic) bond motifs is 1. The van der Waals surface area contributed by atoms with E-state index in [4.69, 9.17) is 0 Å². The Hall–Kier alpha value is -2.17. The highest BCUT2D eigenvalue weighted by Crippen LogP contribution is 2.30. The molecule has 1 aromatic carbocycles. The molecule has 0 aliphatic carbocycles. The van der Waals surface area contributed by atoms with Gasteiger partial charge in [0.05, 0.1) is 28.0 Å². The van der Waals surface area contributed by atoms with Crippen LogP contribution in [0.5, 0.6) is 0 Å². The minimum Gasteiger partial charge on any atom is -0.245 e. The van der Waals surface area contributed by atoms with Gasteiger partial charge < -0.3 is 0 Å². The Balaban J connectivity index is 2.71. The van der Waals surface area contributed by atoms with E-state index in [2.05, 4.69) is 23.1 Å². The Kier molecular flexibility index (Phi) is 2.90. The summed E-state index contributed by atoms with van der Waals surface area (Å²) in [6, 6.07) is 3.25. The molecule has 0 saturated heterocycles. The van der Waals surface area contributed by atoms with Crippen LogP contribution in [0.4, 0.5) is 13.2 Å². The number of halogens is 3. The lowest BCUT2D eigenvalue weighted by atomic mass is 10.1. The van der Waals surface area contributed by atoms with E-state index in [0.717, 1.165) is 12.1 Å². The summed E-state index contributed by atoms with van der Waals surface area (Å²) in [5.41, 5.74) is 0.744. The molecule has 1 heterocycles. The Labute approximate surface area is 101 Å². The lowest BCUT2D eigenvalue weighted by Gasteiger charge is -2.08. The third-order valence-electron chi connectivity index (χ3n) is 2.43. The zero-order valence-electron chi connectivity index (χ0n) is 9.33. The zero-order chi connectivity index (χ0) is 13.3. The van der Waals surface area contributed by atoms with Gasteiger partial charge in [-0.05, 0) is 30.4 Å². The fourth-order valence-corrected chi connectivity index (χ4v) is 1.56.